The van der Waals surface area contributed by atoms with Gasteiger partial charge in [0.15, 0.2) is 0 Å². The van der Waals surface area contributed by atoms with E-state index in [0.717, 1.165) is 17.4 Å². The number of hydrogen-bond donors (Lipinski definition) is 1. The molecule has 3 aromatic rings. The van der Waals surface area contributed by atoms with Crippen molar-refractivity contribution in [2.75, 3.05) is 24.8 Å². The maximum absolute atomic E-state index is 12.5. The van der Waals surface area contributed by atoms with Crippen molar-refractivity contribution in [3.8, 4) is 11.5 Å². The predicted octanol–water partition coefficient (Wildman–Crippen LogP) is 3.74. The Morgan fingerprint density at radius 2 is 1.68 bits per heavy atom. The highest BCUT2D eigenvalue weighted by molar-refractivity contribution is 7.92. The third-order valence-corrected chi connectivity index (χ3v) is 6.22. The second-order valence-corrected chi connectivity index (χ2v) is 9.52. The minimum atomic E-state index is -3.53. The molecule has 9 heteroatoms. The Balaban J connectivity index is 1.71. The number of sulfonamides is 1. The van der Waals surface area contributed by atoms with Crippen LogP contribution in [-0.4, -0.2) is 41.0 Å². The average Bonchev–Trinajstić information content (AvgIpc) is 2.83. The SMILES string of the molecule is COc1ccc(/C=N\NC(=O)c2ccc(N(Cc3ccc(C)cc3)S(C)(=O)=O)cc2)c(OC)c1. The zero-order chi connectivity index (χ0) is 24.7. The van der Waals surface area contributed by atoms with Gasteiger partial charge in [-0.15, -0.1) is 0 Å². The molecule has 34 heavy (non-hydrogen) atoms. The van der Waals surface area contributed by atoms with Crippen LogP contribution >= 0.6 is 0 Å². The first-order valence-electron chi connectivity index (χ1n) is 10.4. The second-order valence-electron chi connectivity index (χ2n) is 7.61. The summed E-state index contributed by atoms with van der Waals surface area (Å²) in [5.74, 6) is 0.763. The summed E-state index contributed by atoms with van der Waals surface area (Å²) >= 11 is 0. The number of benzene rings is 3. The Bertz CT molecular complexity index is 1270. The van der Waals surface area contributed by atoms with Crippen LogP contribution in [0.4, 0.5) is 5.69 Å². The zero-order valence-corrected chi connectivity index (χ0v) is 20.3. The van der Waals surface area contributed by atoms with E-state index in [1.165, 1.54) is 17.6 Å². The van der Waals surface area contributed by atoms with E-state index in [9.17, 15) is 13.2 Å². The minimum absolute atomic E-state index is 0.193. The summed E-state index contributed by atoms with van der Waals surface area (Å²) in [6.07, 6.45) is 2.63. The minimum Gasteiger partial charge on any atom is -0.497 e. The number of anilines is 1. The molecule has 0 aliphatic rings. The number of ether oxygens (including phenoxy) is 2. The number of methoxy groups -OCH3 is 2. The predicted molar refractivity (Wildman–Crippen MR) is 133 cm³/mol. The molecule has 3 rings (SSSR count). The molecule has 0 aromatic heterocycles. The fraction of sp³-hybridized carbons (Fsp3) is 0.200. The topological polar surface area (TPSA) is 97.3 Å². The lowest BCUT2D eigenvalue weighted by molar-refractivity contribution is 0.0955. The van der Waals surface area contributed by atoms with E-state index in [-0.39, 0.29) is 6.54 Å². The van der Waals surface area contributed by atoms with Crippen molar-refractivity contribution >= 4 is 27.8 Å². The van der Waals surface area contributed by atoms with Crippen LogP contribution in [0.5, 0.6) is 11.5 Å². The molecule has 1 N–H and O–H groups in total. The fourth-order valence-corrected chi connectivity index (χ4v) is 4.08. The molecular weight excluding hydrogens is 454 g/mol. The van der Waals surface area contributed by atoms with Gasteiger partial charge < -0.3 is 9.47 Å². The molecule has 0 aliphatic heterocycles. The zero-order valence-electron chi connectivity index (χ0n) is 19.5. The van der Waals surface area contributed by atoms with Gasteiger partial charge in [-0.3, -0.25) is 9.10 Å². The Hall–Kier alpha value is -3.85. The smallest absolute Gasteiger partial charge is 0.271 e. The molecule has 0 fully saturated rings. The largest absolute Gasteiger partial charge is 0.497 e. The van der Waals surface area contributed by atoms with Gasteiger partial charge in [-0.25, -0.2) is 13.8 Å². The van der Waals surface area contributed by atoms with Gasteiger partial charge in [0.05, 0.1) is 38.9 Å². The van der Waals surface area contributed by atoms with Gasteiger partial charge in [-0.2, -0.15) is 5.10 Å². The first-order chi connectivity index (χ1) is 16.2. The Labute approximate surface area is 199 Å². The van der Waals surface area contributed by atoms with E-state index >= 15 is 0 Å². The van der Waals surface area contributed by atoms with E-state index in [1.54, 1.807) is 49.6 Å². The lowest BCUT2D eigenvalue weighted by atomic mass is 10.1. The lowest BCUT2D eigenvalue weighted by Gasteiger charge is -2.22. The van der Waals surface area contributed by atoms with Crippen molar-refractivity contribution in [2.45, 2.75) is 13.5 Å². The van der Waals surface area contributed by atoms with Crippen molar-refractivity contribution in [2.24, 2.45) is 5.10 Å². The molecule has 178 valence electrons. The number of nitrogens with one attached hydrogen (secondary N) is 1. The van der Waals surface area contributed by atoms with Gasteiger partial charge in [-0.1, -0.05) is 29.8 Å². The number of nitrogens with zero attached hydrogens (tertiary/aromatic N) is 2. The van der Waals surface area contributed by atoms with Crippen LogP contribution < -0.4 is 19.2 Å². The number of carbonyl (C=O) groups excluding carboxylic acids is 1. The maximum atomic E-state index is 12.5. The molecule has 0 saturated carbocycles. The number of aryl methyl sites for hydroxylation is 1. The molecule has 0 atom stereocenters. The number of hydrazone groups is 1. The highest BCUT2D eigenvalue weighted by Gasteiger charge is 2.18. The molecule has 0 spiro atoms. The third kappa shape index (κ3) is 6.35. The Morgan fingerprint density at radius 3 is 2.26 bits per heavy atom. The number of amides is 1. The molecule has 1 amide bonds. The standard InChI is InChI=1S/C25H27N3O5S/c1-18-5-7-19(8-6-18)17-28(34(4,30)31)22-12-9-20(10-13-22)25(29)27-26-16-21-11-14-23(32-2)15-24(21)33-3/h5-16H,17H2,1-4H3,(H,27,29)/b26-16-. The highest BCUT2D eigenvalue weighted by atomic mass is 32.2. The van der Waals surface area contributed by atoms with Gasteiger partial charge in [0.25, 0.3) is 5.91 Å². The van der Waals surface area contributed by atoms with Gasteiger partial charge in [-0.05, 0) is 48.9 Å². The first-order valence-corrected chi connectivity index (χ1v) is 12.2. The van der Waals surface area contributed by atoms with Crippen molar-refractivity contribution in [3.05, 3.63) is 89.0 Å². The van der Waals surface area contributed by atoms with Gasteiger partial charge in [0.1, 0.15) is 11.5 Å². The van der Waals surface area contributed by atoms with Crippen molar-refractivity contribution in [3.63, 3.8) is 0 Å². The first kappa shape index (κ1) is 24.8. The Morgan fingerprint density at radius 1 is 1.00 bits per heavy atom. The van der Waals surface area contributed by atoms with Crippen molar-refractivity contribution in [1.29, 1.82) is 0 Å². The summed E-state index contributed by atoms with van der Waals surface area (Å²) in [5, 5.41) is 3.99. The van der Waals surface area contributed by atoms with Gasteiger partial charge in [0.2, 0.25) is 10.0 Å². The molecule has 0 bridgehead atoms. The van der Waals surface area contributed by atoms with Crippen LogP contribution in [0.1, 0.15) is 27.0 Å². The molecular formula is C25H27N3O5S. The summed E-state index contributed by atoms with van der Waals surface area (Å²) in [4.78, 5) is 12.5. The fourth-order valence-electron chi connectivity index (χ4n) is 3.19. The number of carbonyl (C=O) groups is 1. The number of hydrogen-bond acceptors (Lipinski definition) is 6. The molecule has 3 aromatic carbocycles. The molecule has 0 unspecified atom stereocenters. The van der Waals surface area contributed by atoms with Crippen molar-refractivity contribution in [1.82, 2.24) is 5.43 Å². The normalized spacial score (nSPS) is 11.3. The van der Waals surface area contributed by atoms with Gasteiger partial charge in [0, 0.05) is 17.2 Å². The molecule has 0 heterocycles. The lowest BCUT2D eigenvalue weighted by Crippen LogP contribution is -2.29. The quantitative estimate of drug-likeness (QED) is 0.371. The summed E-state index contributed by atoms with van der Waals surface area (Å²) in [6, 6.07) is 19.2. The van der Waals surface area contributed by atoms with Crippen LogP contribution in [-0.2, 0) is 16.6 Å². The highest BCUT2D eigenvalue weighted by Crippen LogP contribution is 2.23. The van der Waals surface area contributed by atoms with Crippen LogP contribution in [0, 0.1) is 6.92 Å². The third-order valence-electron chi connectivity index (χ3n) is 5.07. The molecule has 0 saturated heterocycles. The maximum Gasteiger partial charge on any atom is 0.271 e. The number of rotatable bonds is 9. The summed E-state index contributed by atoms with van der Waals surface area (Å²) in [5.41, 5.74) is 5.89. The molecule has 8 nitrogen and oxygen atoms in total. The van der Waals surface area contributed by atoms with E-state index in [4.69, 9.17) is 9.47 Å². The van der Waals surface area contributed by atoms with Crippen LogP contribution in [0.2, 0.25) is 0 Å². The van der Waals surface area contributed by atoms with E-state index in [1.807, 2.05) is 31.2 Å². The monoisotopic (exact) mass is 481 g/mol. The van der Waals surface area contributed by atoms with Crippen molar-refractivity contribution < 1.29 is 22.7 Å². The average molecular weight is 482 g/mol. The van der Waals surface area contributed by atoms with Crippen LogP contribution in [0.25, 0.3) is 0 Å². The van der Waals surface area contributed by atoms with Gasteiger partial charge >= 0.3 is 0 Å². The van der Waals surface area contributed by atoms with Crippen LogP contribution in [0.15, 0.2) is 71.8 Å². The summed E-state index contributed by atoms with van der Waals surface area (Å²) in [7, 11) is -0.434. The Kier molecular flexibility index (Phi) is 7.91. The van der Waals surface area contributed by atoms with E-state index in [2.05, 4.69) is 10.5 Å². The van der Waals surface area contributed by atoms with Crippen LogP contribution in [0.3, 0.4) is 0 Å². The summed E-state index contributed by atoms with van der Waals surface area (Å²) in [6.45, 7) is 2.16. The van der Waals surface area contributed by atoms with E-state index in [0.29, 0.717) is 28.3 Å². The second kappa shape index (κ2) is 10.8. The molecule has 0 aliphatic carbocycles. The molecule has 0 radical (unpaired) electrons. The van der Waals surface area contributed by atoms with E-state index < -0.39 is 15.9 Å². The summed E-state index contributed by atoms with van der Waals surface area (Å²) < 4.78 is 36.6.